The van der Waals surface area contributed by atoms with Gasteiger partial charge in [0, 0.05) is 7.05 Å². The lowest BCUT2D eigenvalue weighted by Crippen LogP contribution is -2.45. The molecule has 0 radical (unpaired) electrons. The van der Waals surface area contributed by atoms with Crippen LogP contribution in [-0.2, 0) is 18.3 Å². The van der Waals surface area contributed by atoms with Crippen molar-refractivity contribution in [2.24, 2.45) is 7.05 Å². The van der Waals surface area contributed by atoms with Crippen molar-refractivity contribution < 1.29 is 4.74 Å². The lowest BCUT2D eigenvalue weighted by Gasteiger charge is -2.26. The number of nitrogens with one attached hydrogen (secondary N) is 1. The summed E-state index contributed by atoms with van der Waals surface area (Å²) in [7, 11) is 1.94. The molecule has 2 heterocycles. The number of ether oxygens (including phenoxy) is 1. The van der Waals surface area contributed by atoms with Crippen molar-refractivity contribution in [3.8, 4) is 0 Å². The van der Waals surface area contributed by atoms with Crippen molar-refractivity contribution in [2.75, 3.05) is 13.2 Å². The van der Waals surface area contributed by atoms with E-state index in [-0.39, 0.29) is 0 Å². The predicted octanol–water partition coefficient (Wildman–Crippen LogP) is -0.696. The molecule has 12 heavy (non-hydrogen) atoms. The largest absolute Gasteiger partial charge is 0.378 e. The van der Waals surface area contributed by atoms with E-state index in [1.807, 2.05) is 11.6 Å². The fourth-order valence-electron chi connectivity index (χ4n) is 1.06. The van der Waals surface area contributed by atoms with Crippen molar-refractivity contribution >= 4 is 0 Å². The van der Waals surface area contributed by atoms with E-state index in [0.29, 0.717) is 6.04 Å². The Labute approximate surface area is 70.7 Å². The average Bonchev–Trinajstić information content (AvgIpc) is 2.33. The van der Waals surface area contributed by atoms with Gasteiger partial charge in [-0.15, -0.1) is 10.2 Å². The molecule has 1 fully saturated rings. The van der Waals surface area contributed by atoms with Crippen LogP contribution < -0.4 is 5.32 Å². The summed E-state index contributed by atoms with van der Waals surface area (Å²) in [4.78, 5) is 0. The minimum atomic E-state index is 0.502. The molecule has 5 nitrogen and oxygen atoms in total. The van der Waals surface area contributed by atoms with Crippen LogP contribution in [0.3, 0.4) is 0 Å². The highest BCUT2D eigenvalue weighted by molar-refractivity contribution is 4.85. The van der Waals surface area contributed by atoms with E-state index in [1.54, 1.807) is 6.33 Å². The molecular weight excluding hydrogens is 156 g/mol. The Balaban J connectivity index is 1.82. The second-order valence-electron chi connectivity index (χ2n) is 2.97. The summed E-state index contributed by atoms with van der Waals surface area (Å²) < 4.78 is 6.94. The van der Waals surface area contributed by atoms with E-state index < -0.39 is 0 Å². The zero-order chi connectivity index (χ0) is 8.39. The maximum absolute atomic E-state index is 5.03. The van der Waals surface area contributed by atoms with Crippen molar-refractivity contribution in [1.29, 1.82) is 0 Å². The minimum Gasteiger partial charge on any atom is -0.378 e. The zero-order valence-corrected chi connectivity index (χ0v) is 7.03. The summed E-state index contributed by atoms with van der Waals surface area (Å²) in [5.74, 6) is 0.960. The molecular formula is C7H12N4O. The lowest BCUT2D eigenvalue weighted by atomic mass is 10.2. The number of hydrogen-bond donors (Lipinski definition) is 1. The van der Waals surface area contributed by atoms with E-state index in [1.165, 1.54) is 0 Å². The summed E-state index contributed by atoms with van der Waals surface area (Å²) in [6.45, 7) is 2.40. The van der Waals surface area contributed by atoms with Gasteiger partial charge >= 0.3 is 0 Å². The highest BCUT2D eigenvalue weighted by atomic mass is 16.5. The first-order valence-electron chi connectivity index (χ1n) is 4.00. The second kappa shape index (κ2) is 3.20. The molecule has 1 saturated heterocycles. The fraction of sp³-hybridized carbons (Fsp3) is 0.714. The first-order chi connectivity index (χ1) is 5.86. The summed E-state index contributed by atoms with van der Waals surface area (Å²) in [6.07, 6.45) is 1.70. The third-order valence-corrected chi connectivity index (χ3v) is 1.99. The van der Waals surface area contributed by atoms with Gasteiger partial charge in [-0.1, -0.05) is 0 Å². The molecule has 0 spiro atoms. The first kappa shape index (κ1) is 7.70. The van der Waals surface area contributed by atoms with Crippen LogP contribution in [0.4, 0.5) is 0 Å². The Morgan fingerprint density at radius 3 is 3.08 bits per heavy atom. The minimum absolute atomic E-state index is 0.502. The standard InChI is InChI=1S/C7H12N4O/c1-11-5-9-10-7(11)2-8-6-3-12-4-6/h5-6,8H,2-4H2,1H3. The van der Waals surface area contributed by atoms with Gasteiger partial charge in [-0.2, -0.15) is 0 Å². The van der Waals surface area contributed by atoms with E-state index in [2.05, 4.69) is 15.5 Å². The van der Waals surface area contributed by atoms with Gasteiger partial charge in [0.25, 0.3) is 0 Å². The molecule has 0 aliphatic carbocycles. The van der Waals surface area contributed by atoms with Gasteiger partial charge in [-0.3, -0.25) is 0 Å². The second-order valence-corrected chi connectivity index (χ2v) is 2.97. The van der Waals surface area contributed by atoms with Crippen LogP contribution in [0.5, 0.6) is 0 Å². The SMILES string of the molecule is Cn1cnnc1CNC1COC1. The van der Waals surface area contributed by atoms with Crippen molar-refractivity contribution in [1.82, 2.24) is 20.1 Å². The molecule has 1 aliphatic heterocycles. The molecule has 0 bridgehead atoms. The molecule has 1 N–H and O–H groups in total. The number of aryl methyl sites for hydroxylation is 1. The van der Waals surface area contributed by atoms with Crippen LogP contribution in [0.25, 0.3) is 0 Å². The highest BCUT2D eigenvalue weighted by Crippen LogP contribution is 2.00. The van der Waals surface area contributed by atoms with E-state index in [0.717, 1.165) is 25.6 Å². The van der Waals surface area contributed by atoms with Crippen LogP contribution in [0, 0.1) is 0 Å². The Morgan fingerprint density at radius 1 is 1.75 bits per heavy atom. The molecule has 1 aliphatic rings. The quantitative estimate of drug-likeness (QED) is 0.648. The zero-order valence-electron chi connectivity index (χ0n) is 7.03. The molecule has 0 saturated carbocycles. The smallest absolute Gasteiger partial charge is 0.146 e. The van der Waals surface area contributed by atoms with Gasteiger partial charge in [-0.25, -0.2) is 0 Å². The first-order valence-corrected chi connectivity index (χ1v) is 4.00. The fourth-order valence-corrected chi connectivity index (χ4v) is 1.06. The lowest BCUT2D eigenvalue weighted by molar-refractivity contribution is -0.00613. The Morgan fingerprint density at radius 2 is 2.58 bits per heavy atom. The van der Waals surface area contributed by atoms with E-state index in [9.17, 15) is 0 Å². The summed E-state index contributed by atoms with van der Waals surface area (Å²) in [5, 5.41) is 11.1. The van der Waals surface area contributed by atoms with Gasteiger partial charge in [0.15, 0.2) is 0 Å². The van der Waals surface area contributed by atoms with Crippen LogP contribution in [0.1, 0.15) is 5.82 Å². The molecule has 0 unspecified atom stereocenters. The van der Waals surface area contributed by atoms with Crippen LogP contribution in [0.2, 0.25) is 0 Å². The molecule has 1 aromatic rings. The summed E-state index contributed by atoms with van der Waals surface area (Å²) >= 11 is 0. The number of rotatable bonds is 3. The third kappa shape index (κ3) is 1.46. The van der Waals surface area contributed by atoms with E-state index >= 15 is 0 Å². The third-order valence-electron chi connectivity index (χ3n) is 1.99. The number of aromatic nitrogens is 3. The van der Waals surface area contributed by atoms with Gasteiger partial charge in [0.2, 0.25) is 0 Å². The van der Waals surface area contributed by atoms with Crippen LogP contribution >= 0.6 is 0 Å². The predicted molar refractivity (Wildman–Crippen MR) is 42.4 cm³/mol. The molecule has 66 valence electrons. The van der Waals surface area contributed by atoms with Crippen molar-refractivity contribution in [3.63, 3.8) is 0 Å². The molecule has 0 atom stereocenters. The molecule has 2 rings (SSSR count). The highest BCUT2D eigenvalue weighted by Gasteiger charge is 2.17. The number of hydrogen-bond acceptors (Lipinski definition) is 4. The topological polar surface area (TPSA) is 52.0 Å². The Bertz CT molecular complexity index is 256. The van der Waals surface area contributed by atoms with Gasteiger partial charge in [0.1, 0.15) is 12.2 Å². The monoisotopic (exact) mass is 168 g/mol. The van der Waals surface area contributed by atoms with Crippen molar-refractivity contribution in [3.05, 3.63) is 12.2 Å². The summed E-state index contributed by atoms with van der Waals surface area (Å²) in [6, 6.07) is 0.502. The van der Waals surface area contributed by atoms with Gasteiger partial charge < -0.3 is 14.6 Å². The number of nitrogens with zero attached hydrogens (tertiary/aromatic N) is 3. The maximum Gasteiger partial charge on any atom is 0.146 e. The molecule has 5 heteroatoms. The normalized spacial score (nSPS) is 17.8. The average molecular weight is 168 g/mol. The molecule has 1 aromatic heterocycles. The summed E-state index contributed by atoms with van der Waals surface area (Å²) in [5.41, 5.74) is 0. The van der Waals surface area contributed by atoms with E-state index in [4.69, 9.17) is 4.74 Å². The Kier molecular flexibility index (Phi) is 2.05. The van der Waals surface area contributed by atoms with Gasteiger partial charge in [0.05, 0.1) is 25.8 Å². The van der Waals surface area contributed by atoms with Crippen molar-refractivity contribution in [2.45, 2.75) is 12.6 Å². The van der Waals surface area contributed by atoms with Gasteiger partial charge in [-0.05, 0) is 0 Å². The maximum atomic E-state index is 5.03. The molecule has 0 aromatic carbocycles. The van der Waals surface area contributed by atoms with Crippen LogP contribution in [-0.4, -0.2) is 34.0 Å². The molecule has 0 amide bonds. The Hall–Kier alpha value is -0.940. The van der Waals surface area contributed by atoms with Crippen LogP contribution in [0.15, 0.2) is 6.33 Å².